The van der Waals surface area contributed by atoms with Gasteiger partial charge < -0.3 is 5.11 Å². The maximum Gasteiger partial charge on any atom is 0.0767 e. The fourth-order valence-electron chi connectivity index (χ4n) is 2.49. The van der Waals surface area contributed by atoms with Crippen LogP contribution in [0.3, 0.4) is 0 Å². The summed E-state index contributed by atoms with van der Waals surface area (Å²) in [6.07, 6.45) is -0.388. The zero-order valence-electron chi connectivity index (χ0n) is 12.9. The Labute approximate surface area is 112 Å². The lowest BCUT2D eigenvalue weighted by Crippen LogP contribution is -2.09. The predicted molar refractivity (Wildman–Crippen MR) is 79.3 cm³/mol. The van der Waals surface area contributed by atoms with Crippen molar-refractivity contribution >= 4 is 0 Å². The van der Waals surface area contributed by atoms with Gasteiger partial charge in [-0.15, -0.1) is 0 Å². The Morgan fingerprint density at radius 1 is 0.722 bits per heavy atom. The predicted octanol–water partition coefficient (Wildman–Crippen LogP) is 5.11. The van der Waals surface area contributed by atoms with Crippen LogP contribution in [0.2, 0.25) is 0 Å². The Kier molecular flexibility index (Phi) is 4.98. The van der Waals surface area contributed by atoms with Gasteiger partial charge in [-0.05, 0) is 46.9 Å². The van der Waals surface area contributed by atoms with Crippen LogP contribution in [0.15, 0.2) is 12.1 Å². The van der Waals surface area contributed by atoms with E-state index >= 15 is 0 Å². The number of aliphatic hydroxyl groups is 1. The molecule has 0 aliphatic rings. The summed E-state index contributed by atoms with van der Waals surface area (Å²) in [4.78, 5) is 0. The Morgan fingerprint density at radius 3 is 1.33 bits per heavy atom. The van der Waals surface area contributed by atoms with Crippen molar-refractivity contribution in [3.8, 4) is 0 Å². The van der Waals surface area contributed by atoms with Crippen LogP contribution in [0, 0.1) is 0 Å². The fourth-order valence-corrected chi connectivity index (χ4v) is 2.49. The molecule has 0 bridgehead atoms. The van der Waals surface area contributed by atoms with Crippen LogP contribution in [0.4, 0.5) is 0 Å². The number of aliphatic hydroxyl groups excluding tert-OH is 1. The molecule has 0 aliphatic carbocycles. The number of hydrogen-bond donors (Lipinski definition) is 1. The fraction of sp³-hybridized carbons (Fsp3) is 0.647. The number of rotatable bonds is 4. The summed E-state index contributed by atoms with van der Waals surface area (Å²) in [7, 11) is 0. The van der Waals surface area contributed by atoms with E-state index in [1.54, 1.807) is 0 Å². The lowest BCUT2D eigenvalue weighted by molar-refractivity contribution is 0.196. The third-order valence-electron chi connectivity index (χ3n) is 3.59. The molecule has 1 N–H and O–H groups in total. The molecule has 0 radical (unpaired) electrons. The third-order valence-corrected chi connectivity index (χ3v) is 3.59. The molecule has 1 rings (SSSR count). The molecule has 1 aromatic carbocycles. The maximum absolute atomic E-state index is 10.1. The Hall–Kier alpha value is -0.820. The molecule has 0 heterocycles. The van der Waals surface area contributed by atoms with E-state index < -0.39 is 0 Å². The quantitative estimate of drug-likeness (QED) is 0.785. The number of benzene rings is 1. The normalized spacial score (nSPS) is 13.7. The van der Waals surface area contributed by atoms with Gasteiger partial charge in [-0.25, -0.2) is 0 Å². The Bertz CT molecular complexity index is 371. The molecule has 102 valence electrons. The van der Waals surface area contributed by atoms with Crippen molar-refractivity contribution < 1.29 is 5.11 Å². The highest BCUT2D eigenvalue weighted by atomic mass is 16.3. The molecule has 0 aliphatic heterocycles. The molecular formula is C17H28O. The summed E-state index contributed by atoms with van der Waals surface area (Å²) in [6, 6.07) is 4.56. The highest BCUT2D eigenvalue weighted by Crippen LogP contribution is 2.35. The van der Waals surface area contributed by atoms with Crippen LogP contribution in [-0.4, -0.2) is 5.11 Å². The van der Waals surface area contributed by atoms with Gasteiger partial charge in [0.2, 0.25) is 0 Å². The summed E-state index contributed by atoms with van der Waals surface area (Å²) >= 11 is 0. The van der Waals surface area contributed by atoms with Gasteiger partial charge in [0.25, 0.3) is 0 Å². The molecule has 1 unspecified atom stereocenters. The third kappa shape index (κ3) is 3.14. The van der Waals surface area contributed by atoms with Crippen molar-refractivity contribution in [3.05, 3.63) is 34.4 Å². The van der Waals surface area contributed by atoms with E-state index in [0.717, 1.165) is 5.56 Å². The lowest BCUT2D eigenvalue weighted by Gasteiger charge is -2.24. The molecule has 1 nitrogen and oxygen atoms in total. The van der Waals surface area contributed by atoms with E-state index in [9.17, 15) is 5.11 Å². The largest absolute Gasteiger partial charge is 0.389 e. The molecular weight excluding hydrogens is 220 g/mol. The minimum absolute atomic E-state index is 0.388. The topological polar surface area (TPSA) is 20.2 Å². The lowest BCUT2D eigenvalue weighted by atomic mass is 9.83. The van der Waals surface area contributed by atoms with E-state index in [0.29, 0.717) is 17.8 Å². The zero-order valence-corrected chi connectivity index (χ0v) is 12.9. The summed E-state index contributed by atoms with van der Waals surface area (Å²) in [5.41, 5.74) is 5.14. The first-order chi connectivity index (χ1) is 8.25. The molecule has 0 aromatic heterocycles. The highest BCUT2D eigenvalue weighted by Gasteiger charge is 2.19. The molecule has 0 spiro atoms. The van der Waals surface area contributed by atoms with Crippen molar-refractivity contribution in [2.24, 2.45) is 0 Å². The van der Waals surface area contributed by atoms with E-state index in [2.05, 4.69) is 53.7 Å². The SMILES string of the molecule is CC(C)c1cc(C(C)C)c(C(C)O)c(C(C)C)c1. The number of hydrogen-bond acceptors (Lipinski definition) is 1. The maximum atomic E-state index is 10.1. The van der Waals surface area contributed by atoms with Crippen molar-refractivity contribution in [2.45, 2.75) is 72.3 Å². The van der Waals surface area contributed by atoms with Crippen molar-refractivity contribution in [1.82, 2.24) is 0 Å². The van der Waals surface area contributed by atoms with E-state index in [1.807, 2.05) is 6.92 Å². The second-order valence-electron chi connectivity index (χ2n) is 6.25. The van der Waals surface area contributed by atoms with Crippen molar-refractivity contribution in [2.75, 3.05) is 0 Å². The average molecular weight is 248 g/mol. The molecule has 18 heavy (non-hydrogen) atoms. The first kappa shape index (κ1) is 15.2. The van der Waals surface area contributed by atoms with Gasteiger partial charge in [0.1, 0.15) is 0 Å². The molecule has 0 saturated heterocycles. The summed E-state index contributed by atoms with van der Waals surface area (Å²) in [6.45, 7) is 15.1. The van der Waals surface area contributed by atoms with Gasteiger partial charge >= 0.3 is 0 Å². The van der Waals surface area contributed by atoms with E-state index in [-0.39, 0.29) is 6.10 Å². The molecule has 1 atom stereocenters. The first-order valence-electron chi connectivity index (χ1n) is 7.11. The van der Waals surface area contributed by atoms with Crippen LogP contribution in [0.5, 0.6) is 0 Å². The summed E-state index contributed by atoms with van der Waals surface area (Å²) < 4.78 is 0. The van der Waals surface area contributed by atoms with Gasteiger partial charge in [0.15, 0.2) is 0 Å². The average Bonchev–Trinajstić information content (AvgIpc) is 2.26. The second kappa shape index (κ2) is 5.88. The van der Waals surface area contributed by atoms with Crippen LogP contribution in [0.1, 0.15) is 94.6 Å². The Balaban J connectivity index is 3.55. The van der Waals surface area contributed by atoms with Crippen molar-refractivity contribution in [3.63, 3.8) is 0 Å². The van der Waals surface area contributed by atoms with Gasteiger partial charge in [-0.1, -0.05) is 53.7 Å². The van der Waals surface area contributed by atoms with Crippen molar-refractivity contribution in [1.29, 1.82) is 0 Å². The van der Waals surface area contributed by atoms with Crippen LogP contribution in [0.25, 0.3) is 0 Å². The van der Waals surface area contributed by atoms with Crippen LogP contribution >= 0.6 is 0 Å². The molecule has 0 saturated carbocycles. The molecule has 0 fully saturated rings. The Morgan fingerprint density at radius 2 is 1.11 bits per heavy atom. The summed E-state index contributed by atoms with van der Waals surface area (Å²) in [5.74, 6) is 1.43. The molecule has 1 aromatic rings. The smallest absolute Gasteiger partial charge is 0.0767 e. The first-order valence-corrected chi connectivity index (χ1v) is 7.11. The zero-order chi connectivity index (χ0) is 14.0. The summed E-state index contributed by atoms with van der Waals surface area (Å²) in [5, 5.41) is 10.1. The minimum Gasteiger partial charge on any atom is -0.389 e. The van der Waals surface area contributed by atoms with E-state index in [4.69, 9.17) is 0 Å². The minimum atomic E-state index is -0.388. The van der Waals surface area contributed by atoms with Gasteiger partial charge in [0, 0.05) is 0 Å². The van der Waals surface area contributed by atoms with Gasteiger partial charge in [-0.2, -0.15) is 0 Å². The van der Waals surface area contributed by atoms with Crippen LogP contribution < -0.4 is 0 Å². The molecule has 0 amide bonds. The van der Waals surface area contributed by atoms with Crippen LogP contribution in [-0.2, 0) is 0 Å². The monoisotopic (exact) mass is 248 g/mol. The highest BCUT2D eigenvalue weighted by molar-refractivity contribution is 5.44. The second-order valence-corrected chi connectivity index (χ2v) is 6.25. The molecule has 1 heteroatoms. The van der Waals surface area contributed by atoms with Gasteiger partial charge in [-0.3, -0.25) is 0 Å². The van der Waals surface area contributed by atoms with Gasteiger partial charge in [0.05, 0.1) is 6.10 Å². The van der Waals surface area contributed by atoms with E-state index in [1.165, 1.54) is 16.7 Å². The standard InChI is InChI=1S/C17H28O/c1-10(2)14-8-15(11(3)4)17(13(7)18)16(9-14)12(5)6/h8-13,18H,1-7H3.